The van der Waals surface area contributed by atoms with Gasteiger partial charge >= 0.3 is 0 Å². The minimum atomic E-state index is -2.07. The molecule has 0 heterocycles. The van der Waals surface area contributed by atoms with Crippen molar-refractivity contribution in [3.63, 3.8) is 0 Å². The van der Waals surface area contributed by atoms with Gasteiger partial charge in [0.1, 0.15) is 6.10 Å². The van der Waals surface area contributed by atoms with Gasteiger partial charge in [-0.25, -0.2) is 0 Å². The van der Waals surface area contributed by atoms with E-state index < -0.39 is 31.1 Å². The molecule has 0 aromatic rings. The molecule has 1 N–H and O–H groups in total. The molecule has 0 saturated carbocycles. The number of rotatable bonds is 21. The van der Waals surface area contributed by atoms with Crippen molar-refractivity contribution in [3.05, 3.63) is 12.7 Å². The van der Waals surface area contributed by atoms with Crippen LogP contribution in [0.1, 0.15) is 129 Å². The molecule has 0 bridgehead atoms. The second kappa shape index (κ2) is 19.5. The first-order valence-corrected chi connectivity index (χ1v) is 25.2. The highest BCUT2D eigenvalue weighted by Gasteiger charge is 2.47. The fourth-order valence-corrected chi connectivity index (χ4v) is 16.5. The third-order valence-corrected chi connectivity index (χ3v) is 25.7. The molecule has 0 saturated heterocycles. The molecule has 0 aliphatic heterocycles. The summed E-state index contributed by atoms with van der Waals surface area (Å²) in [6.45, 7) is 38.7. The highest BCUT2D eigenvalue weighted by Crippen LogP contribution is 2.44. The molecule has 0 spiro atoms. The van der Waals surface area contributed by atoms with E-state index in [0.29, 0.717) is 29.5 Å². The van der Waals surface area contributed by atoms with Crippen molar-refractivity contribution in [1.29, 1.82) is 0 Å². The van der Waals surface area contributed by atoms with E-state index in [0.717, 1.165) is 43.8 Å². The molecule has 0 aliphatic carbocycles. The van der Waals surface area contributed by atoms with Gasteiger partial charge in [0.05, 0.1) is 12.2 Å². The van der Waals surface area contributed by atoms with Crippen LogP contribution in [0.4, 0.5) is 0 Å². The van der Waals surface area contributed by atoms with E-state index in [1.54, 1.807) is 0 Å². The van der Waals surface area contributed by atoms with Crippen molar-refractivity contribution in [2.24, 2.45) is 0 Å². The lowest BCUT2D eigenvalue weighted by Crippen LogP contribution is -2.51. The monoisotopic (exact) mass is 654 g/mol. The van der Waals surface area contributed by atoms with Crippen LogP contribution in [0, 0.1) is 11.8 Å². The highest BCUT2D eigenvalue weighted by atomic mass is 28.4. The number of hydrogen-bond donors (Lipinski definition) is 1. The first-order valence-electron chi connectivity index (χ1n) is 17.6. The molecule has 0 aliphatic rings. The summed E-state index contributed by atoms with van der Waals surface area (Å²) in [5.41, 5.74) is 1.55. The van der Waals surface area contributed by atoms with Crippen LogP contribution in [0.15, 0.2) is 12.7 Å². The van der Waals surface area contributed by atoms with Gasteiger partial charge in [-0.1, -0.05) is 114 Å². The summed E-state index contributed by atoms with van der Waals surface area (Å²) in [6.07, 6.45) is 6.19. The lowest BCUT2D eigenvalue weighted by Gasteiger charge is -2.45. The molecule has 43 heavy (non-hydrogen) atoms. The van der Waals surface area contributed by atoms with Crippen LogP contribution in [0.25, 0.3) is 0 Å². The van der Waals surface area contributed by atoms with Crippen LogP contribution in [-0.4, -0.2) is 54.5 Å². The Morgan fingerprint density at radius 1 is 0.767 bits per heavy atom. The molecule has 0 aromatic heterocycles. The van der Waals surface area contributed by atoms with Crippen LogP contribution < -0.4 is 0 Å². The van der Waals surface area contributed by atoms with Gasteiger partial charge in [0.25, 0.3) is 0 Å². The molecule has 254 valence electrons. The van der Waals surface area contributed by atoms with Crippen LogP contribution in [-0.2, 0) is 13.3 Å². The topological polar surface area (TPSA) is 47.9 Å². The van der Waals surface area contributed by atoms with Crippen LogP contribution in [0.2, 0.25) is 52.9 Å². The Bertz CT molecular complexity index is 804. The summed E-state index contributed by atoms with van der Waals surface area (Å²) in [6, 6.07) is 3.37. The smallest absolute Gasteiger partial charge is 0.200 e. The maximum atomic E-state index is 11.0. The third kappa shape index (κ3) is 13.2. The first-order chi connectivity index (χ1) is 19.8. The zero-order valence-electron chi connectivity index (χ0n) is 31.4. The molecule has 1 unspecified atom stereocenters. The van der Waals surface area contributed by atoms with Crippen molar-refractivity contribution in [1.82, 2.24) is 0 Å². The quantitative estimate of drug-likeness (QED) is 0.0760. The molecule has 4 atom stereocenters. The van der Waals surface area contributed by atoms with Gasteiger partial charge in [-0.05, 0) is 72.2 Å². The van der Waals surface area contributed by atoms with Crippen molar-refractivity contribution < 1.29 is 18.4 Å². The average molecular weight is 655 g/mol. The SMILES string of the molecule is C=CC[C@H](C[C@@H](CC#CC(O)C[C@H](CCC)O[Si](CC)(CC)CC)O[Si](C)(C)C(C)(C)C)O[Si](C(C)C)(C(C)C)C(C)C. The van der Waals surface area contributed by atoms with Crippen molar-refractivity contribution in [3.8, 4) is 11.8 Å². The van der Waals surface area contributed by atoms with Crippen LogP contribution >= 0.6 is 0 Å². The van der Waals surface area contributed by atoms with Gasteiger partial charge in [-0.3, -0.25) is 0 Å². The van der Waals surface area contributed by atoms with Crippen molar-refractivity contribution in [2.75, 3.05) is 0 Å². The van der Waals surface area contributed by atoms with E-state index in [4.69, 9.17) is 13.3 Å². The predicted octanol–water partition coefficient (Wildman–Crippen LogP) is 11.2. The molecule has 0 rings (SSSR count). The van der Waals surface area contributed by atoms with Crippen LogP contribution in [0.5, 0.6) is 0 Å². The lowest BCUT2D eigenvalue weighted by molar-refractivity contribution is 0.0929. The zero-order chi connectivity index (χ0) is 33.6. The minimum Gasteiger partial charge on any atom is -0.414 e. The second-order valence-corrected chi connectivity index (χ2v) is 30.3. The largest absolute Gasteiger partial charge is 0.414 e. The summed E-state index contributed by atoms with van der Waals surface area (Å²) < 4.78 is 21.1. The van der Waals surface area contributed by atoms with Gasteiger partial charge in [-0.2, -0.15) is 0 Å². The van der Waals surface area contributed by atoms with Gasteiger partial charge in [-0.15, -0.1) is 6.58 Å². The Hall–Kier alpha value is -0.209. The summed E-state index contributed by atoms with van der Waals surface area (Å²) >= 11 is 0. The fraction of sp³-hybridized carbons (Fsp3) is 0.889. The Balaban J connectivity index is 6.13. The Labute approximate surface area is 272 Å². The molecular weight excluding hydrogens is 581 g/mol. The molecule has 0 aromatic carbocycles. The zero-order valence-corrected chi connectivity index (χ0v) is 34.4. The molecule has 7 heteroatoms. The summed E-state index contributed by atoms with van der Waals surface area (Å²) in [5, 5.41) is 11.1. The van der Waals surface area contributed by atoms with Crippen LogP contribution in [0.3, 0.4) is 0 Å². The van der Waals surface area contributed by atoms with Gasteiger partial charge in [0.15, 0.2) is 16.6 Å². The standard InChI is InChI=1S/C36H74O4Si3/c1-17-23-33(39-42(19-3,20-4)21-5)27-32(37)25-22-26-35(38-41(15,16)36(12,13)14)28-34(24-18-2)40-43(29(6)7,30(8)9)31(10)11/h18,29-35,37H,2,17,19-21,23-24,26-28H2,1,3-16H3/t32?,33-,34+,35+/m0/s1. The Kier molecular flexibility index (Phi) is 19.4. The van der Waals surface area contributed by atoms with E-state index in [2.05, 4.69) is 122 Å². The molecule has 0 radical (unpaired) electrons. The normalized spacial score (nSPS) is 16.3. The summed E-state index contributed by atoms with van der Waals surface area (Å²) in [4.78, 5) is 0. The lowest BCUT2D eigenvalue weighted by atomic mass is 10.1. The van der Waals surface area contributed by atoms with Gasteiger partial charge in [0.2, 0.25) is 8.32 Å². The second-order valence-electron chi connectivity index (χ2n) is 15.4. The maximum Gasteiger partial charge on any atom is 0.200 e. The van der Waals surface area contributed by atoms with Crippen molar-refractivity contribution in [2.45, 2.75) is 206 Å². The first kappa shape index (κ1) is 42.8. The summed E-state index contributed by atoms with van der Waals surface area (Å²) in [7, 11) is -5.87. The molecule has 4 nitrogen and oxygen atoms in total. The van der Waals surface area contributed by atoms with E-state index in [1.165, 1.54) is 0 Å². The van der Waals surface area contributed by atoms with E-state index in [-0.39, 0.29) is 23.4 Å². The predicted molar refractivity (Wildman–Crippen MR) is 197 cm³/mol. The Morgan fingerprint density at radius 2 is 1.28 bits per heavy atom. The highest BCUT2D eigenvalue weighted by molar-refractivity contribution is 6.77. The van der Waals surface area contributed by atoms with Gasteiger partial charge in [0, 0.05) is 18.9 Å². The summed E-state index contributed by atoms with van der Waals surface area (Å²) in [5.74, 6) is 6.57. The molecular formula is C36H74O4Si3. The molecule has 0 fully saturated rings. The van der Waals surface area contributed by atoms with E-state index in [9.17, 15) is 5.11 Å². The number of hydrogen-bond acceptors (Lipinski definition) is 4. The van der Waals surface area contributed by atoms with Crippen molar-refractivity contribution >= 4 is 25.0 Å². The fourth-order valence-electron chi connectivity index (χ4n) is 6.63. The average Bonchev–Trinajstić information content (AvgIpc) is 2.89. The third-order valence-electron chi connectivity index (χ3n) is 10.3. The minimum absolute atomic E-state index is 0.0493. The number of aliphatic hydroxyl groups is 1. The number of aliphatic hydroxyl groups excluding tert-OH is 1. The van der Waals surface area contributed by atoms with Gasteiger partial charge < -0.3 is 18.4 Å². The molecule has 0 amide bonds. The maximum absolute atomic E-state index is 11.0. The van der Waals surface area contributed by atoms with E-state index in [1.807, 2.05) is 6.08 Å². The van der Waals surface area contributed by atoms with E-state index >= 15 is 0 Å². The Morgan fingerprint density at radius 3 is 1.67 bits per heavy atom.